The number of amides is 2. The van der Waals surface area contributed by atoms with Gasteiger partial charge in [-0.2, -0.15) is 0 Å². The topological polar surface area (TPSA) is 87.7 Å². The summed E-state index contributed by atoms with van der Waals surface area (Å²) in [7, 11) is 1.44. The Kier molecular flexibility index (Phi) is 3.83. The van der Waals surface area contributed by atoms with Crippen molar-refractivity contribution in [3.8, 4) is 11.5 Å². The van der Waals surface area contributed by atoms with Gasteiger partial charge in [-0.1, -0.05) is 19.9 Å². The largest absolute Gasteiger partial charge is 0.504 e. The van der Waals surface area contributed by atoms with Crippen molar-refractivity contribution in [3.05, 3.63) is 23.8 Å². The van der Waals surface area contributed by atoms with Crippen LogP contribution >= 0.6 is 0 Å². The number of carbonyl (C=O) groups excluding carboxylic acids is 2. The minimum Gasteiger partial charge on any atom is -0.504 e. The van der Waals surface area contributed by atoms with Gasteiger partial charge in [0.25, 0.3) is 0 Å². The van der Waals surface area contributed by atoms with Crippen LogP contribution < -0.4 is 15.4 Å². The first-order valence-corrected chi connectivity index (χ1v) is 6.41. The summed E-state index contributed by atoms with van der Waals surface area (Å²) in [4.78, 5) is 24.0. The minimum absolute atomic E-state index is 0.0178. The van der Waals surface area contributed by atoms with Gasteiger partial charge in [-0.15, -0.1) is 0 Å². The van der Waals surface area contributed by atoms with Crippen LogP contribution in [0.1, 0.15) is 25.5 Å². The van der Waals surface area contributed by atoms with E-state index in [9.17, 15) is 14.7 Å². The number of hydrogen-bond donors (Lipinski definition) is 3. The van der Waals surface area contributed by atoms with Crippen LogP contribution in [0.2, 0.25) is 0 Å². The van der Waals surface area contributed by atoms with E-state index in [4.69, 9.17) is 4.74 Å². The molecule has 6 heteroatoms. The second kappa shape index (κ2) is 5.40. The van der Waals surface area contributed by atoms with E-state index >= 15 is 0 Å². The zero-order valence-electron chi connectivity index (χ0n) is 11.6. The van der Waals surface area contributed by atoms with Gasteiger partial charge in [0.2, 0.25) is 11.8 Å². The van der Waals surface area contributed by atoms with E-state index in [0.29, 0.717) is 11.3 Å². The highest BCUT2D eigenvalue weighted by molar-refractivity contribution is 5.97. The lowest BCUT2D eigenvalue weighted by Crippen LogP contribution is -2.59. The van der Waals surface area contributed by atoms with Gasteiger partial charge in [0.15, 0.2) is 11.5 Å². The van der Waals surface area contributed by atoms with Crippen LogP contribution in [0.5, 0.6) is 11.5 Å². The van der Waals surface area contributed by atoms with Gasteiger partial charge >= 0.3 is 0 Å². The molecule has 1 unspecified atom stereocenters. The highest BCUT2D eigenvalue weighted by Crippen LogP contribution is 2.29. The number of methoxy groups -OCH3 is 1. The number of ether oxygens (including phenoxy) is 1. The highest BCUT2D eigenvalue weighted by atomic mass is 16.5. The molecular weight excluding hydrogens is 260 g/mol. The molecule has 20 heavy (non-hydrogen) atoms. The Morgan fingerprint density at radius 2 is 1.90 bits per heavy atom. The van der Waals surface area contributed by atoms with Gasteiger partial charge in [0, 0.05) is 0 Å². The number of phenols is 1. The van der Waals surface area contributed by atoms with Crippen molar-refractivity contribution >= 4 is 11.8 Å². The van der Waals surface area contributed by atoms with E-state index in [1.807, 2.05) is 13.8 Å². The van der Waals surface area contributed by atoms with Crippen molar-refractivity contribution in [2.24, 2.45) is 5.92 Å². The second-order valence-corrected chi connectivity index (χ2v) is 5.10. The lowest BCUT2D eigenvalue weighted by atomic mass is 9.96. The fraction of sp³-hybridized carbons (Fsp3) is 0.429. The zero-order valence-corrected chi connectivity index (χ0v) is 11.6. The van der Waals surface area contributed by atoms with E-state index in [2.05, 4.69) is 10.6 Å². The molecule has 0 aromatic heterocycles. The van der Waals surface area contributed by atoms with Gasteiger partial charge in [0.1, 0.15) is 12.1 Å². The van der Waals surface area contributed by atoms with Crippen LogP contribution in [0, 0.1) is 5.92 Å². The summed E-state index contributed by atoms with van der Waals surface area (Å²) in [5, 5.41) is 15.1. The zero-order chi connectivity index (χ0) is 14.9. The Balaban J connectivity index is 2.24. The molecule has 0 saturated carbocycles. The smallest absolute Gasteiger partial charge is 0.247 e. The molecule has 1 saturated heterocycles. The molecule has 0 radical (unpaired) electrons. The average Bonchev–Trinajstić information content (AvgIpc) is 2.40. The molecule has 108 valence electrons. The summed E-state index contributed by atoms with van der Waals surface area (Å²) >= 11 is 0. The molecule has 1 aliphatic rings. The van der Waals surface area contributed by atoms with Crippen molar-refractivity contribution in [1.82, 2.24) is 10.6 Å². The van der Waals surface area contributed by atoms with Gasteiger partial charge < -0.3 is 20.5 Å². The van der Waals surface area contributed by atoms with Crippen LogP contribution in [0.4, 0.5) is 0 Å². The molecule has 1 aromatic carbocycles. The van der Waals surface area contributed by atoms with E-state index in [1.54, 1.807) is 12.1 Å². The SMILES string of the molecule is COc1ccc(C2NC(=O)[C@@H](C(C)C)NC2=O)cc1O. The first-order chi connectivity index (χ1) is 9.43. The lowest BCUT2D eigenvalue weighted by Gasteiger charge is -2.31. The summed E-state index contributed by atoms with van der Waals surface area (Å²) in [5.74, 6) is -0.244. The number of phenolic OH excluding ortho intramolecular Hbond substituents is 1. The molecule has 6 nitrogen and oxygen atoms in total. The first kappa shape index (κ1) is 14.2. The lowest BCUT2D eigenvalue weighted by molar-refractivity contribution is -0.138. The molecule has 2 atom stereocenters. The summed E-state index contributed by atoms with van der Waals surface area (Å²) in [6.45, 7) is 3.73. The summed E-state index contributed by atoms with van der Waals surface area (Å²) in [6, 6.07) is 3.29. The van der Waals surface area contributed by atoms with Gasteiger partial charge in [0.05, 0.1) is 7.11 Å². The number of piperazine rings is 1. The molecule has 1 aromatic rings. The standard InChI is InChI=1S/C14H18N2O4/c1-7(2)11-13(18)16-12(14(19)15-11)8-4-5-10(20-3)9(17)6-8/h4-7,11-12,17H,1-3H3,(H,15,19)(H,16,18)/t11-,12?/m1/s1. The quantitative estimate of drug-likeness (QED) is 0.760. The maximum Gasteiger partial charge on any atom is 0.247 e. The van der Waals surface area contributed by atoms with Crippen LogP contribution in [0.15, 0.2) is 18.2 Å². The van der Waals surface area contributed by atoms with E-state index < -0.39 is 12.1 Å². The number of benzene rings is 1. The van der Waals surface area contributed by atoms with Gasteiger partial charge in [-0.25, -0.2) is 0 Å². The third kappa shape index (κ3) is 2.54. The van der Waals surface area contributed by atoms with Gasteiger partial charge in [-0.3, -0.25) is 9.59 Å². The number of aromatic hydroxyl groups is 1. The molecule has 0 spiro atoms. The fourth-order valence-electron chi connectivity index (χ4n) is 2.19. The van der Waals surface area contributed by atoms with Crippen molar-refractivity contribution < 1.29 is 19.4 Å². The molecule has 0 bridgehead atoms. The Morgan fingerprint density at radius 3 is 2.45 bits per heavy atom. The van der Waals surface area contributed by atoms with Crippen molar-refractivity contribution in [2.75, 3.05) is 7.11 Å². The molecular formula is C14H18N2O4. The number of carbonyl (C=O) groups is 2. The van der Waals surface area contributed by atoms with Crippen LogP contribution in [-0.4, -0.2) is 30.1 Å². The molecule has 0 aliphatic carbocycles. The normalized spacial score (nSPS) is 22.4. The Morgan fingerprint density at radius 1 is 1.20 bits per heavy atom. The third-order valence-corrected chi connectivity index (χ3v) is 3.33. The van der Waals surface area contributed by atoms with Gasteiger partial charge in [-0.05, 0) is 23.6 Å². The molecule has 2 amide bonds. The molecule has 1 fully saturated rings. The number of nitrogens with one attached hydrogen (secondary N) is 2. The Labute approximate surface area is 117 Å². The third-order valence-electron chi connectivity index (χ3n) is 3.33. The van der Waals surface area contributed by atoms with Crippen LogP contribution in [-0.2, 0) is 9.59 Å². The summed E-state index contributed by atoms with van der Waals surface area (Å²) < 4.78 is 4.95. The van der Waals surface area contributed by atoms with Crippen molar-refractivity contribution in [3.63, 3.8) is 0 Å². The summed E-state index contributed by atoms with van der Waals surface area (Å²) in [6.07, 6.45) is 0. The molecule has 2 rings (SSSR count). The maximum absolute atomic E-state index is 12.1. The molecule has 1 aliphatic heterocycles. The fourth-order valence-corrected chi connectivity index (χ4v) is 2.19. The Hall–Kier alpha value is -2.24. The van der Waals surface area contributed by atoms with Crippen LogP contribution in [0.25, 0.3) is 0 Å². The summed E-state index contributed by atoms with van der Waals surface area (Å²) in [5.41, 5.74) is 0.511. The number of hydrogen-bond acceptors (Lipinski definition) is 4. The van der Waals surface area contributed by atoms with E-state index in [0.717, 1.165) is 0 Å². The van der Waals surface area contributed by atoms with E-state index in [1.165, 1.54) is 13.2 Å². The first-order valence-electron chi connectivity index (χ1n) is 6.41. The Bertz CT molecular complexity index is 542. The minimum atomic E-state index is -0.797. The van der Waals surface area contributed by atoms with Crippen molar-refractivity contribution in [2.45, 2.75) is 25.9 Å². The molecule has 1 heterocycles. The van der Waals surface area contributed by atoms with Crippen molar-refractivity contribution in [1.29, 1.82) is 0 Å². The number of rotatable bonds is 3. The average molecular weight is 278 g/mol. The highest BCUT2D eigenvalue weighted by Gasteiger charge is 2.36. The van der Waals surface area contributed by atoms with Crippen LogP contribution in [0.3, 0.4) is 0 Å². The molecule has 3 N–H and O–H groups in total. The van der Waals surface area contributed by atoms with E-state index in [-0.39, 0.29) is 23.5 Å². The predicted molar refractivity (Wildman–Crippen MR) is 72.3 cm³/mol. The maximum atomic E-state index is 12.1. The predicted octanol–water partition coefficient (Wildman–Crippen LogP) is 0.712. The monoisotopic (exact) mass is 278 g/mol. The second-order valence-electron chi connectivity index (χ2n) is 5.10.